The minimum Gasteiger partial charge on any atom is -0.469 e. The topological polar surface area (TPSA) is 97.2 Å². The number of aliphatic hydroxyl groups is 1. The lowest BCUT2D eigenvalue weighted by molar-refractivity contribution is -0.174. The fourth-order valence-corrected chi connectivity index (χ4v) is 6.89. The lowest BCUT2D eigenvalue weighted by Crippen LogP contribution is -2.52. The van der Waals surface area contributed by atoms with Crippen LogP contribution in [0.25, 0.3) is 10.4 Å². The second-order valence-corrected chi connectivity index (χ2v) is 11.2. The molecule has 0 spiro atoms. The van der Waals surface area contributed by atoms with Crippen molar-refractivity contribution >= 4 is 28.9 Å². The minimum absolute atomic E-state index is 0.122. The van der Waals surface area contributed by atoms with E-state index in [0.717, 1.165) is 28.3 Å². The number of esters is 1. The van der Waals surface area contributed by atoms with E-state index >= 15 is 0 Å². The first kappa shape index (κ1) is 28.0. The van der Waals surface area contributed by atoms with Crippen LogP contribution in [0.3, 0.4) is 0 Å². The molecule has 204 valence electrons. The Morgan fingerprint density at radius 3 is 2.50 bits per heavy atom. The zero-order chi connectivity index (χ0) is 27.9. The van der Waals surface area contributed by atoms with Crippen molar-refractivity contribution in [2.75, 3.05) is 12.4 Å². The third-order valence-corrected chi connectivity index (χ3v) is 8.90. The fourth-order valence-electron chi connectivity index (χ4n) is 5.88. The second-order valence-electron chi connectivity index (χ2n) is 10.1. The normalized spacial score (nSPS) is 25.7. The standard InChI is InChI=1S/C27H31F3N4O3S/c1-6-26(23(35)37-5)16(3)12-25(36,13-17(26)4)22-32-14-20(38-22)18-9-15(2)10-19(11-18)33-24-31-8-7-21(34-24)27(28,29)30/h7-11,14,16-17,36H,6,12-13H2,1-5H3,(H,31,33,34)/t16-,17+,25-,26+. The summed E-state index contributed by atoms with van der Waals surface area (Å²) in [4.78, 5) is 25.6. The van der Waals surface area contributed by atoms with Crippen LogP contribution in [0, 0.1) is 24.2 Å². The van der Waals surface area contributed by atoms with E-state index in [2.05, 4.69) is 20.3 Å². The van der Waals surface area contributed by atoms with E-state index in [1.54, 1.807) is 18.3 Å². The van der Waals surface area contributed by atoms with Crippen molar-refractivity contribution in [3.8, 4) is 10.4 Å². The fraction of sp³-hybridized carbons (Fsp3) is 0.481. The average Bonchev–Trinajstić information content (AvgIpc) is 3.35. The maximum absolute atomic E-state index is 13.0. The molecule has 38 heavy (non-hydrogen) atoms. The summed E-state index contributed by atoms with van der Waals surface area (Å²) in [5.74, 6) is -0.649. The SMILES string of the molecule is CC[C@]1(C(=O)OC)[C@H](C)C[C@](O)(c2ncc(-c3cc(C)cc(Nc4nccc(C(F)(F)F)n4)c3)s2)C[C@@H]1C. The molecule has 4 rings (SSSR count). The molecule has 0 amide bonds. The van der Waals surface area contributed by atoms with Crippen LogP contribution in [-0.2, 0) is 21.3 Å². The molecule has 1 saturated carbocycles. The summed E-state index contributed by atoms with van der Waals surface area (Å²) >= 11 is 1.36. The number of rotatable bonds is 6. The number of alkyl halides is 3. The van der Waals surface area contributed by atoms with E-state index < -0.39 is 22.9 Å². The lowest BCUT2D eigenvalue weighted by atomic mass is 9.56. The van der Waals surface area contributed by atoms with Crippen molar-refractivity contribution in [2.24, 2.45) is 17.3 Å². The molecule has 2 aromatic heterocycles. The molecule has 1 aliphatic carbocycles. The molecule has 0 radical (unpaired) electrons. The Bertz CT molecular complexity index is 1310. The van der Waals surface area contributed by atoms with Gasteiger partial charge >= 0.3 is 12.1 Å². The molecule has 1 fully saturated rings. The molecule has 7 nitrogen and oxygen atoms in total. The number of hydrogen-bond acceptors (Lipinski definition) is 8. The Morgan fingerprint density at radius 2 is 1.89 bits per heavy atom. The highest BCUT2D eigenvalue weighted by atomic mass is 32.1. The Balaban J connectivity index is 1.60. The monoisotopic (exact) mass is 548 g/mol. The number of nitrogens with zero attached hydrogens (tertiary/aromatic N) is 3. The third kappa shape index (κ3) is 5.13. The van der Waals surface area contributed by atoms with Crippen molar-refractivity contribution in [2.45, 2.75) is 58.7 Å². The van der Waals surface area contributed by atoms with Gasteiger partial charge in [-0.2, -0.15) is 13.2 Å². The molecule has 0 aliphatic heterocycles. The van der Waals surface area contributed by atoms with Crippen molar-refractivity contribution in [1.82, 2.24) is 15.0 Å². The molecular formula is C27H31F3N4O3S. The molecule has 0 unspecified atom stereocenters. The molecule has 1 aliphatic rings. The van der Waals surface area contributed by atoms with E-state index in [9.17, 15) is 23.1 Å². The number of benzene rings is 1. The number of carbonyl (C=O) groups excluding carboxylic acids is 1. The van der Waals surface area contributed by atoms with E-state index in [0.29, 0.717) is 30.0 Å². The Morgan fingerprint density at radius 1 is 1.21 bits per heavy atom. The summed E-state index contributed by atoms with van der Waals surface area (Å²) in [5.41, 5.74) is -0.691. The highest BCUT2D eigenvalue weighted by Crippen LogP contribution is 2.55. The van der Waals surface area contributed by atoms with Crippen LogP contribution in [0.1, 0.15) is 56.3 Å². The van der Waals surface area contributed by atoms with Gasteiger partial charge < -0.3 is 15.2 Å². The van der Waals surface area contributed by atoms with Crippen LogP contribution in [0.5, 0.6) is 0 Å². The van der Waals surface area contributed by atoms with Crippen LogP contribution in [0.15, 0.2) is 36.7 Å². The lowest BCUT2D eigenvalue weighted by Gasteiger charge is -2.50. The third-order valence-electron chi connectivity index (χ3n) is 7.66. The van der Waals surface area contributed by atoms with Gasteiger partial charge in [-0.15, -0.1) is 11.3 Å². The number of hydrogen-bond donors (Lipinski definition) is 2. The summed E-state index contributed by atoms with van der Waals surface area (Å²) in [6, 6.07) is 6.32. The summed E-state index contributed by atoms with van der Waals surface area (Å²) in [6.07, 6.45) is -0.450. The number of aromatic nitrogens is 3. The van der Waals surface area contributed by atoms with E-state index in [1.807, 2.05) is 33.8 Å². The first-order chi connectivity index (χ1) is 17.8. The number of carbonyl (C=O) groups is 1. The van der Waals surface area contributed by atoms with Crippen molar-refractivity contribution in [3.63, 3.8) is 0 Å². The van der Waals surface area contributed by atoms with Crippen molar-refractivity contribution < 1.29 is 27.8 Å². The average molecular weight is 549 g/mol. The van der Waals surface area contributed by atoms with Gasteiger partial charge in [0.25, 0.3) is 0 Å². The summed E-state index contributed by atoms with van der Waals surface area (Å²) < 4.78 is 44.3. The zero-order valence-corrected chi connectivity index (χ0v) is 22.7. The van der Waals surface area contributed by atoms with Crippen LogP contribution < -0.4 is 5.32 Å². The molecule has 4 atom stereocenters. The minimum atomic E-state index is -4.57. The predicted octanol–water partition coefficient (Wildman–Crippen LogP) is 6.49. The van der Waals surface area contributed by atoms with E-state index in [4.69, 9.17) is 4.74 Å². The molecule has 2 N–H and O–H groups in total. The van der Waals surface area contributed by atoms with Gasteiger partial charge in [-0.3, -0.25) is 4.79 Å². The molecule has 3 aromatic rings. The van der Waals surface area contributed by atoms with E-state index in [1.165, 1.54) is 18.4 Å². The number of nitrogens with one attached hydrogen (secondary N) is 1. The predicted molar refractivity (Wildman–Crippen MR) is 139 cm³/mol. The Labute approximate surface area is 223 Å². The Kier molecular flexibility index (Phi) is 7.55. The van der Waals surface area contributed by atoms with Gasteiger partial charge in [0.1, 0.15) is 16.3 Å². The number of aryl methyl sites for hydroxylation is 1. The first-order valence-corrected chi connectivity index (χ1v) is 13.2. The molecular weight excluding hydrogens is 517 g/mol. The quantitative estimate of drug-likeness (QED) is 0.340. The molecule has 11 heteroatoms. The number of anilines is 2. The Hall–Kier alpha value is -3.05. The van der Waals surface area contributed by atoms with E-state index in [-0.39, 0.29) is 23.8 Å². The summed E-state index contributed by atoms with van der Waals surface area (Å²) in [6.45, 7) is 7.80. The van der Waals surface area contributed by atoms with Gasteiger partial charge in [0.2, 0.25) is 5.95 Å². The summed E-state index contributed by atoms with van der Waals surface area (Å²) in [5, 5.41) is 15.1. The molecule has 0 bridgehead atoms. The maximum Gasteiger partial charge on any atom is 0.433 e. The number of methoxy groups -OCH3 is 1. The van der Waals surface area contributed by atoms with Gasteiger partial charge in [-0.1, -0.05) is 26.8 Å². The van der Waals surface area contributed by atoms with Gasteiger partial charge in [0.05, 0.1) is 17.4 Å². The number of thiazole rings is 1. The smallest absolute Gasteiger partial charge is 0.433 e. The highest BCUT2D eigenvalue weighted by molar-refractivity contribution is 7.15. The van der Waals surface area contributed by atoms with Crippen LogP contribution >= 0.6 is 11.3 Å². The molecule has 2 heterocycles. The van der Waals surface area contributed by atoms with Crippen LogP contribution in [0.2, 0.25) is 0 Å². The maximum atomic E-state index is 13.0. The van der Waals surface area contributed by atoms with Crippen LogP contribution in [-0.4, -0.2) is 33.1 Å². The molecule has 0 saturated heterocycles. The van der Waals surface area contributed by atoms with Gasteiger partial charge in [-0.25, -0.2) is 15.0 Å². The highest BCUT2D eigenvalue weighted by Gasteiger charge is 2.56. The second kappa shape index (κ2) is 10.3. The summed E-state index contributed by atoms with van der Waals surface area (Å²) in [7, 11) is 1.40. The number of halogens is 3. The zero-order valence-electron chi connectivity index (χ0n) is 21.9. The molecule has 1 aromatic carbocycles. The first-order valence-electron chi connectivity index (χ1n) is 12.4. The van der Waals surface area contributed by atoms with Gasteiger partial charge in [0, 0.05) is 18.1 Å². The van der Waals surface area contributed by atoms with Crippen molar-refractivity contribution in [1.29, 1.82) is 0 Å². The van der Waals surface area contributed by atoms with Crippen LogP contribution in [0.4, 0.5) is 24.8 Å². The number of ether oxygens (including phenoxy) is 1. The van der Waals surface area contributed by atoms with Gasteiger partial charge in [-0.05, 0) is 67.3 Å². The van der Waals surface area contributed by atoms with Gasteiger partial charge in [0.15, 0.2) is 0 Å². The van der Waals surface area contributed by atoms with Crippen molar-refractivity contribution in [3.05, 3.63) is 52.9 Å². The largest absolute Gasteiger partial charge is 0.469 e.